The van der Waals surface area contributed by atoms with Gasteiger partial charge in [-0.15, -0.1) is 0 Å². The molecule has 2 amide bonds. The van der Waals surface area contributed by atoms with Crippen molar-refractivity contribution in [2.24, 2.45) is 0 Å². The van der Waals surface area contributed by atoms with E-state index in [0.29, 0.717) is 12.1 Å². The molecule has 1 saturated carbocycles. The van der Waals surface area contributed by atoms with Gasteiger partial charge in [0.1, 0.15) is 0 Å². The number of hydrogen-bond donors (Lipinski definition) is 3. The number of rotatable bonds is 7. The maximum Gasteiger partial charge on any atom is 0.319 e. The first-order valence-corrected chi connectivity index (χ1v) is 9.08. The molecular weight excluding hydrogens is 294 g/mol. The Kier molecular flexibility index (Phi) is 5.75. The van der Waals surface area contributed by atoms with Crippen molar-refractivity contribution < 1.29 is 4.79 Å². The Labute approximate surface area is 137 Å². The number of nitrogens with one attached hydrogen (secondary N) is 3. The standard InChI is InChI=1S/C17H27N3OS/c1-12(18-11-17(2,3)22-4)13-5-7-14(8-6-13)19-16(21)20-15-9-10-15/h5-8,12,15,18H,9-11H2,1-4H3,(H2,19,20,21)/t12-/m0/s1. The molecule has 0 bridgehead atoms. The fourth-order valence-electron chi connectivity index (χ4n) is 2.02. The highest BCUT2D eigenvalue weighted by Gasteiger charge is 2.23. The monoisotopic (exact) mass is 321 g/mol. The highest BCUT2D eigenvalue weighted by atomic mass is 32.2. The molecule has 0 radical (unpaired) electrons. The molecule has 3 N–H and O–H groups in total. The Hall–Kier alpha value is -1.20. The maximum absolute atomic E-state index is 11.7. The van der Waals surface area contributed by atoms with Crippen molar-refractivity contribution in [3.05, 3.63) is 29.8 Å². The summed E-state index contributed by atoms with van der Waals surface area (Å²) in [4.78, 5) is 11.7. The first-order chi connectivity index (χ1) is 10.4. The average molecular weight is 321 g/mol. The number of benzene rings is 1. The van der Waals surface area contributed by atoms with Crippen molar-refractivity contribution >= 4 is 23.5 Å². The number of carbonyl (C=O) groups excluding carboxylic acids is 1. The fraction of sp³-hybridized carbons (Fsp3) is 0.588. The van der Waals surface area contributed by atoms with Crippen LogP contribution in [0.1, 0.15) is 45.2 Å². The SMILES string of the molecule is CSC(C)(C)CN[C@@H](C)c1ccc(NC(=O)NC2CC2)cc1. The van der Waals surface area contributed by atoms with Gasteiger partial charge in [0.25, 0.3) is 0 Å². The quantitative estimate of drug-likeness (QED) is 0.716. The molecule has 1 atom stereocenters. The molecule has 0 unspecified atom stereocenters. The van der Waals surface area contributed by atoms with Crippen molar-refractivity contribution in [1.82, 2.24) is 10.6 Å². The van der Waals surface area contributed by atoms with Crippen LogP contribution in [0.3, 0.4) is 0 Å². The molecule has 5 heteroatoms. The minimum atomic E-state index is -0.108. The molecule has 0 heterocycles. The first kappa shape index (κ1) is 17.2. The van der Waals surface area contributed by atoms with Crippen LogP contribution in [0.2, 0.25) is 0 Å². The topological polar surface area (TPSA) is 53.2 Å². The van der Waals surface area contributed by atoms with Crippen LogP contribution in [0.25, 0.3) is 0 Å². The van der Waals surface area contributed by atoms with Crippen LogP contribution in [0.15, 0.2) is 24.3 Å². The van der Waals surface area contributed by atoms with Gasteiger partial charge in [-0.1, -0.05) is 12.1 Å². The summed E-state index contributed by atoms with van der Waals surface area (Å²) in [5.41, 5.74) is 2.06. The van der Waals surface area contributed by atoms with E-state index in [4.69, 9.17) is 0 Å². The van der Waals surface area contributed by atoms with Gasteiger partial charge >= 0.3 is 6.03 Å². The third-order valence-corrected chi connectivity index (χ3v) is 5.22. The lowest BCUT2D eigenvalue weighted by atomic mass is 10.1. The Bertz CT molecular complexity index is 497. The molecule has 1 aliphatic carbocycles. The third kappa shape index (κ3) is 5.54. The predicted molar refractivity (Wildman–Crippen MR) is 95.6 cm³/mol. The number of anilines is 1. The van der Waals surface area contributed by atoms with E-state index in [1.165, 1.54) is 5.56 Å². The number of carbonyl (C=O) groups is 1. The van der Waals surface area contributed by atoms with Crippen LogP contribution in [0.4, 0.5) is 10.5 Å². The summed E-state index contributed by atoms with van der Waals surface area (Å²) < 4.78 is 0.233. The summed E-state index contributed by atoms with van der Waals surface area (Å²) in [5, 5.41) is 9.35. The number of urea groups is 1. The molecule has 0 aromatic heterocycles. The van der Waals surface area contributed by atoms with E-state index in [1.54, 1.807) is 0 Å². The van der Waals surface area contributed by atoms with Gasteiger partial charge in [-0.3, -0.25) is 0 Å². The lowest BCUT2D eigenvalue weighted by molar-refractivity contribution is 0.251. The smallest absolute Gasteiger partial charge is 0.319 e. The summed E-state index contributed by atoms with van der Waals surface area (Å²) in [6.45, 7) is 7.60. The van der Waals surface area contributed by atoms with Crippen LogP contribution in [-0.2, 0) is 0 Å². The van der Waals surface area contributed by atoms with Crippen LogP contribution in [0.5, 0.6) is 0 Å². The van der Waals surface area contributed by atoms with Crippen LogP contribution < -0.4 is 16.0 Å². The van der Waals surface area contributed by atoms with Crippen molar-refractivity contribution in [2.45, 2.75) is 50.4 Å². The molecule has 1 fully saturated rings. The second-order valence-electron chi connectivity index (χ2n) is 6.56. The van der Waals surface area contributed by atoms with E-state index in [1.807, 2.05) is 23.9 Å². The second-order valence-corrected chi connectivity index (χ2v) is 8.07. The van der Waals surface area contributed by atoms with Gasteiger partial charge in [-0.25, -0.2) is 4.79 Å². The summed E-state index contributed by atoms with van der Waals surface area (Å²) in [6.07, 6.45) is 4.34. The minimum Gasteiger partial charge on any atom is -0.335 e. The molecule has 1 aromatic rings. The largest absolute Gasteiger partial charge is 0.335 e. The number of hydrogen-bond acceptors (Lipinski definition) is 3. The summed E-state index contributed by atoms with van der Waals surface area (Å²) in [6, 6.07) is 8.61. The van der Waals surface area contributed by atoms with Gasteiger partial charge in [0.2, 0.25) is 0 Å². The molecule has 1 aromatic carbocycles. The van der Waals surface area contributed by atoms with Gasteiger partial charge in [0.05, 0.1) is 0 Å². The van der Waals surface area contributed by atoms with Gasteiger partial charge in [-0.05, 0) is 57.6 Å². The molecule has 0 spiro atoms. The van der Waals surface area contributed by atoms with Crippen molar-refractivity contribution in [1.29, 1.82) is 0 Å². The molecule has 4 nitrogen and oxygen atoms in total. The van der Waals surface area contributed by atoms with Crippen molar-refractivity contribution in [2.75, 3.05) is 18.1 Å². The van der Waals surface area contributed by atoms with Crippen molar-refractivity contribution in [3.63, 3.8) is 0 Å². The van der Waals surface area contributed by atoms with Crippen LogP contribution in [-0.4, -0.2) is 29.6 Å². The lowest BCUT2D eigenvalue weighted by Gasteiger charge is -2.25. The Balaban J connectivity index is 1.83. The summed E-state index contributed by atoms with van der Waals surface area (Å²) in [5.74, 6) is 0. The highest BCUT2D eigenvalue weighted by Crippen LogP contribution is 2.22. The Morgan fingerprint density at radius 2 is 1.95 bits per heavy atom. The predicted octanol–water partition coefficient (Wildman–Crippen LogP) is 3.76. The maximum atomic E-state index is 11.7. The normalized spacial score (nSPS) is 16.2. The molecular formula is C17H27N3OS. The zero-order valence-corrected chi connectivity index (χ0v) is 14.7. The molecule has 0 saturated heterocycles. The Morgan fingerprint density at radius 3 is 2.50 bits per heavy atom. The second kappa shape index (κ2) is 7.38. The van der Waals surface area contributed by atoms with E-state index >= 15 is 0 Å². The van der Waals surface area contributed by atoms with E-state index < -0.39 is 0 Å². The average Bonchev–Trinajstić information content (AvgIpc) is 3.29. The molecule has 22 heavy (non-hydrogen) atoms. The van der Waals surface area contributed by atoms with Crippen LogP contribution in [0, 0.1) is 0 Å². The summed E-state index contributed by atoms with van der Waals surface area (Å²) in [7, 11) is 0. The molecule has 122 valence electrons. The van der Waals surface area contributed by atoms with Crippen molar-refractivity contribution in [3.8, 4) is 0 Å². The Morgan fingerprint density at radius 1 is 1.32 bits per heavy atom. The van der Waals surface area contributed by atoms with Gasteiger partial charge < -0.3 is 16.0 Å². The first-order valence-electron chi connectivity index (χ1n) is 7.85. The fourth-order valence-corrected chi connectivity index (χ4v) is 2.25. The number of amides is 2. The molecule has 1 aliphatic rings. The van der Waals surface area contributed by atoms with E-state index in [0.717, 1.165) is 25.1 Å². The van der Waals surface area contributed by atoms with Gasteiger partial charge in [-0.2, -0.15) is 11.8 Å². The number of thioether (sulfide) groups is 1. The van der Waals surface area contributed by atoms with Crippen LogP contribution >= 0.6 is 11.8 Å². The van der Waals surface area contributed by atoms with Gasteiger partial charge in [0, 0.05) is 29.1 Å². The lowest BCUT2D eigenvalue weighted by Crippen LogP contribution is -2.33. The molecule has 0 aliphatic heterocycles. The zero-order valence-electron chi connectivity index (χ0n) is 13.9. The highest BCUT2D eigenvalue weighted by molar-refractivity contribution is 7.99. The summed E-state index contributed by atoms with van der Waals surface area (Å²) >= 11 is 1.87. The van der Waals surface area contributed by atoms with Gasteiger partial charge in [0.15, 0.2) is 0 Å². The zero-order chi connectivity index (χ0) is 16.2. The molecule has 2 rings (SSSR count). The van der Waals surface area contributed by atoms with E-state index in [9.17, 15) is 4.79 Å². The van der Waals surface area contributed by atoms with E-state index in [-0.39, 0.29) is 10.8 Å². The third-order valence-electron chi connectivity index (χ3n) is 3.97. The minimum absolute atomic E-state index is 0.108. The van der Waals surface area contributed by atoms with E-state index in [2.05, 4.69) is 55.1 Å².